The molecule has 1 aromatic heterocycles. The first-order valence-corrected chi connectivity index (χ1v) is 9.27. The van der Waals surface area contributed by atoms with Crippen LogP contribution in [0.5, 0.6) is 5.75 Å². The van der Waals surface area contributed by atoms with Gasteiger partial charge in [0.05, 0.1) is 0 Å². The average Bonchev–Trinajstić information content (AvgIpc) is 3.00. The van der Waals surface area contributed by atoms with Crippen molar-refractivity contribution in [1.29, 1.82) is 0 Å². The Balaban J connectivity index is 1.98. The summed E-state index contributed by atoms with van der Waals surface area (Å²) in [4.78, 5) is 3.33. The quantitative estimate of drug-likeness (QED) is 0.516. The van der Waals surface area contributed by atoms with Gasteiger partial charge >= 0.3 is 0 Å². The van der Waals surface area contributed by atoms with Crippen LogP contribution in [0.4, 0.5) is 0 Å². The van der Waals surface area contributed by atoms with Gasteiger partial charge in [0.2, 0.25) is 0 Å². The third-order valence-corrected chi connectivity index (χ3v) is 5.17. The van der Waals surface area contributed by atoms with Crippen LogP contribution in [0.25, 0.3) is 10.9 Å². The summed E-state index contributed by atoms with van der Waals surface area (Å²) in [7, 11) is 0. The summed E-state index contributed by atoms with van der Waals surface area (Å²) in [5.74, 6) is 0.374. The highest BCUT2D eigenvalue weighted by atomic mass is 16.3. The lowest BCUT2D eigenvalue weighted by molar-refractivity contribution is 0.249. The lowest BCUT2D eigenvalue weighted by atomic mass is 9.70. The molecule has 1 atom stereocenters. The van der Waals surface area contributed by atoms with E-state index in [0.29, 0.717) is 5.75 Å². The highest BCUT2D eigenvalue weighted by Crippen LogP contribution is 2.40. The smallest absolute Gasteiger partial charge is 0.125 e. The molecule has 2 N–H and O–H groups in total. The van der Waals surface area contributed by atoms with E-state index >= 15 is 0 Å². The van der Waals surface area contributed by atoms with Gasteiger partial charge in [-0.1, -0.05) is 56.7 Å². The van der Waals surface area contributed by atoms with E-state index in [0.717, 1.165) is 36.6 Å². The van der Waals surface area contributed by atoms with Crippen molar-refractivity contribution in [3.05, 3.63) is 72.3 Å². The third-order valence-electron chi connectivity index (χ3n) is 5.17. The Morgan fingerprint density at radius 2 is 1.84 bits per heavy atom. The number of H-pyrrole nitrogens is 1. The molecule has 3 aromatic rings. The molecule has 0 aliphatic carbocycles. The van der Waals surface area contributed by atoms with Crippen molar-refractivity contribution >= 4 is 10.9 Å². The van der Waals surface area contributed by atoms with Gasteiger partial charge in [0.15, 0.2) is 0 Å². The van der Waals surface area contributed by atoms with E-state index in [1.54, 1.807) is 6.07 Å². The number of aromatic nitrogens is 1. The summed E-state index contributed by atoms with van der Waals surface area (Å²) in [5.41, 5.74) is 3.81. The standard InChI is InChI=1S/C23H28NO/c1-3-13-23(14-4-2,15-18-9-6-5-7-10-18)16-19-17-24-20-11-8-12-21(25)22(19)20/h3,5-12,17,24-25H,4,13-16H2,1-2H3. The van der Waals surface area contributed by atoms with Gasteiger partial charge < -0.3 is 10.1 Å². The van der Waals surface area contributed by atoms with E-state index in [2.05, 4.69) is 61.8 Å². The van der Waals surface area contributed by atoms with E-state index in [9.17, 15) is 5.11 Å². The van der Waals surface area contributed by atoms with Gasteiger partial charge in [0.25, 0.3) is 0 Å². The summed E-state index contributed by atoms with van der Waals surface area (Å²) >= 11 is 0. The first-order chi connectivity index (χ1) is 12.2. The zero-order valence-electron chi connectivity index (χ0n) is 15.3. The summed E-state index contributed by atoms with van der Waals surface area (Å²) in [5, 5.41) is 11.3. The molecule has 0 aliphatic heterocycles. The maximum Gasteiger partial charge on any atom is 0.125 e. The zero-order valence-corrected chi connectivity index (χ0v) is 15.3. The van der Waals surface area contributed by atoms with Crippen LogP contribution < -0.4 is 0 Å². The number of phenolic OH excluding ortho intramolecular Hbond substituents is 1. The molecule has 131 valence electrons. The van der Waals surface area contributed by atoms with E-state index in [1.807, 2.05) is 12.1 Å². The van der Waals surface area contributed by atoms with Crippen molar-refractivity contribution in [1.82, 2.24) is 4.98 Å². The second kappa shape index (κ2) is 7.77. The molecule has 0 spiro atoms. The molecule has 1 unspecified atom stereocenters. The van der Waals surface area contributed by atoms with Crippen LogP contribution in [0.1, 0.15) is 44.2 Å². The summed E-state index contributed by atoms with van der Waals surface area (Å²) < 4.78 is 0. The second-order valence-corrected chi connectivity index (χ2v) is 7.22. The van der Waals surface area contributed by atoms with E-state index in [4.69, 9.17) is 0 Å². The highest BCUT2D eigenvalue weighted by molar-refractivity contribution is 5.89. The fraction of sp³-hybridized carbons (Fsp3) is 0.348. The van der Waals surface area contributed by atoms with Crippen LogP contribution in [0.15, 0.2) is 54.7 Å². The molecular formula is C23H28NO. The van der Waals surface area contributed by atoms with Crippen LogP contribution in [-0.4, -0.2) is 10.1 Å². The van der Waals surface area contributed by atoms with Gasteiger partial charge in [-0.25, -0.2) is 0 Å². The van der Waals surface area contributed by atoms with Crippen LogP contribution in [0.2, 0.25) is 0 Å². The molecule has 0 saturated carbocycles. The Morgan fingerprint density at radius 3 is 2.56 bits per heavy atom. The van der Waals surface area contributed by atoms with Crippen molar-refractivity contribution in [2.24, 2.45) is 5.41 Å². The maximum atomic E-state index is 10.4. The number of fused-ring (bicyclic) bond motifs is 1. The number of nitrogens with one attached hydrogen (secondary N) is 1. The number of rotatable bonds is 8. The molecule has 0 saturated heterocycles. The van der Waals surface area contributed by atoms with E-state index in [1.165, 1.54) is 17.5 Å². The lowest BCUT2D eigenvalue weighted by Crippen LogP contribution is -2.26. The number of aromatic hydroxyl groups is 1. The number of hydrogen-bond donors (Lipinski definition) is 2. The SMILES string of the molecule is C[CH]CC(CCC)(Cc1ccccc1)Cc1c[nH]c2cccc(O)c12. The van der Waals surface area contributed by atoms with Gasteiger partial charge in [-0.3, -0.25) is 0 Å². The molecule has 1 radical (unpaired) electrons. The topological polar surface area (TPSA) is 36.0 Å². The minimum Gasteiger partial charge on any atom is -0.507 e. The molecule has 3 rings (SSSR count). The Morgan fingerprint density at radius 1 is 1.04 bits per heavy atom. The molecule has 0 amide bonds. The normalized spacial score (nSPS) is 11.9. The van der Waals surface area contributed by atoms with Gasteiger partial charge in [0.1, 0.15) is 5.75 Å². The fourth-order valence-corrected chi connectivity index (χ4v) is 4.26. The van der Waals surface area contributed by atoms with Crippen molar-refractivity contribution in [3.63, 3.8) is 0 Å². The molecule has 2 nitrogen and oxygen atoms in total. The highest BCUT2D eigenvalue weighted by Gasteiger charge is 2.30. The zero-order chi connectivity index (χ0) is 17.7. The lowest BCUT2D eigenvalue weighted by Gasteiger charge is -2.34. The number of aromatic amines is 1. The Labute approximate surface area is 150 Å². The fourth-order valence-electron chi connectivity index (χ4n) is 4.26. The van der Waals surface area contributed by atoms with Gasteiger partial charge in [-0.2, -0.15) is 0 Å². The van der Waals surface area contributed by atoms with Crippen LogP contribution in [-0.2, 0) is 12.8 Å². The largest absolute Gasteiger partial charge is 0.507 e. The van der Waals surface area contributed by atoms with Gasteiger partial charge in [-0.05, 0) is 60.8 Å². The van der Waals surface area contributed by atoms with E-state index in [-0.39, 0.29) is 5.41 Å². The molecule has 0 fully saturated rings. The molecule has 1 heterocycles. The number of phenols is 1. The van der Waals surface area contributed by atoms with Crippen molar-refractivity contribution in [2.45, 2.75) is 46.0 Å². The molecule has 25 heavy (non-hydrogen) atoms. The number of hydrogen-bond acceptors (Lipinski definition) is 1. The van der Waals surface area contributed by atoms with E-state index < -0.39 is 0 Å². The third kappa shape index (κ3) is 3.89. The molecular weight excluding hydrogens is 306 g/mol. The Bertz CT molecular complexity index is 797. The van der Waals surface area contributed by atoms with Crippen molar-refractivity contribution < 1.29 is 5.11 Å². The maximum absolute atomic E-state index is 10.4. The minimum absolute atomic E-state index is 0.183. The van der Waals surface area contributed by atoms with Crippen LogP contribution in [0.3, 0.4) is 0 Å². The Kier molecular flexibility index (Phi) is 5.47. The van der Waals surface area contributed by atoms with Gasteiger partial charge in [-0.15, -0.1) is 0 Å². The van der Waals surface area contributed by atoms with Crippen LogP contribution in [0, 0.1) is 11.8 Å². The first kappa shape index (κ1) is 17.6. The van der Waals surface area contributed by atoms with Crippen molar-refractivity contribution in [2.75, 3.05) is 0 Å². The predicted molar refractivity (Wildman–Crippen MR) is 106 cm³/mol. The molecule has 0 aliphatic rings. The molecule has 2 aromatic carbocycles. The second-order valence-electron chi connectivity index (χ2n) is 7.22. The van der Waals surface area contributed by atoms with Crippen LogP contribution >= 0.6 is 0 Å². The summed E-state index contributed by atoms with van der Waals surface area (Å²) in [6.07, 6.45) is 9.82. The monoisotopic (exact) mass is 334 g/mol. The van der Waals surface area contributed by atoms with Crippen molar-refractivity contribution in [3.8, 4) is 5.75 Å². The average molecular weight is 334 g/mol. The summed E-state index contributed by atoms with van der Waals surface area (Å²) in [6.45, 7) is 4.42. The summed E-state index contributed by atoms with van der Waals surface area (Å²) in [6, 6.07) is 16.5. The Hall–Kier alpha value is -2.22. The number of benzene rings is 2. The molecule has 2 heteroatoms. The predicted octanol–water partition coefficient (Wildman–Crippen LogP) is 6.06. The minimum atomic E-state index is 0.183. The first-order valence-electron chi connectivity index (χ1n) is 9.27. The van der Waals surface area contributed by atoms with Gasteiger partial charge in [0, 0.05) is 17.1 Å². The molecule has 0 bridgehead atoms.